The summed E-state index contributed by atoms with van der Waals surface area (Å²) in [4.78, 5) is 42.6. The number of anilines is 1. The molecule has 0 bridgehead atoms. The van der Waals surface area contributed by atoms with Gasteiger partial charge in [0.1, 0.15) is 17.7 Å². The normalized spacial score (nSPS) is 18.0. The molecule has 4 unspecified atom stereocenters. The van der Waals surface area contributed by atoms with E-state index in [-0.39, 0.29) is 29.5 Å². The number of carbonyl (C=O) groups excluding carboxylic acids is 3. The SMILES string of the molecule is Cc1cccc(C(C(=O)Nc2ccc3ccccc3c2)N(C(=O)C(CS)NC(=O)OC(C)(C)C)C2CC2C)c1C. The van der Waals surface area contributed by atoms with Gasteiger partial charge in [-0.05, 0) is 86.6 Å². The fourth-order valence-corrected chi connectivity index (χ4v) is 5.20. The summed E-state index contributed by atoms with van der Waals surface area (Å²) >= 11 is 4.39. The third kappa shape index (κ3) is 6.78. The Kier molecular flexibility index (Phi) is 8.78. The zero-order valence-corrected chi connectivity index (χ0v) is 24.9. The van der Waals surface area contributed by atoms with E-state index in [4.69, 9.17) is 4.74 Å². The fourth-order valence-electron chi connectivity index (χ4n) is 4.95. The predicted octanol–water partition coefficient (Wildman–Crippen LogP) is 6.20. The van der Waals surface area contributed by atoms with Crippen molar-refractivity contribution in [1.29, 1.82) is 0 Å². The monoisotopic (exact) mass is 561 g/mol. The lowest BCUT2D eigenvalue weighted by Gasteiger charge is -2.35. The van der Waals surface area contributed by atoms with Crippen LogP contribution in [0.1, 0.15) is 56.8 Å². The Morgan fingerprint density at radius 2 is 1.70 bits per heavy atom. The zero-order chi connectivity index (χ0) is 29.2. The number of aryl methyl sites for hydroxylation is 1. The van der Waals surface area contributed by atoms with Crippen LogP contribution in [0.15, 0.2) is 60.7 Å². The summed E-state index contributed by atoms with van der Waals surface area (Å²) in [5.74, 6) is -0.407. The third-order valence-corrected chi connectivity index (χ3v) is 7.70. The lowest BCUT2D eigenvalue weighted by Crippen LogP contribution is -2.54. The molecule has 3 aromatic carbocycles. The number of amides is 3. The van der Waals surface area contributed by atoms with Crippen molar-refractivity contribution in [1.82, 2.24) is 10.2 Å². The second kappa shape index (κ2) is 11.9. The number of rotatable bonds is 8. The van der Waals surface area contributed by atoms with Crippen LogP contribution in [0.3, 0.4) is 0 Å². The van der Waals surface area contributed by atoms with E-state index in [2.05, 4.69) is 30.2 Å². The average Bonchev–Trinajstić information content (AvgIpc) is 3.61. The molecule has 40 heavy (non-hydrogen) atoms. The maximum atomic E-state index is 14.2. The number of alkyl carbamates (subject to hydrolysis) is 1. The maximum absolute atomic E-state index is 14.2. The summed E-state index contributed by atoms with van der Waals surface area (Å²) < 4.78 is 5.40. The topological polar surface area (TPSA) is 87.7 Å². The van der Waals surface area contributed by atoms with Gasteiger partial charge in [0.15, 0.2) is 0 Å². The lowest BCUT2D eigenvalue weighted by molar-refractivity contribution is -0.141. The molecule has 0 spiro atoms. The molecule has 1 aliphatic rings. The Morgan fingerprint density at radius 3 is 2.33 bits per heavy atom. The Bertz CT molecular complexity index is 1420. The molecule has 4 atom stereocenters. The molecular weight excluding hydrogens is 522 g/mol. The second-order valence-corrected chi connectivity index (χ2v) is 12.0. The van der Waals surface area contributed by atoms with E-state index in [0.717, 1.165) is 33.9 Å². The van der Waals surface area contributed by atoms with Crippen molar-refractivity contribution in [3.63, 3.8) is 0 Å². The number of fused-ring (bicyclic) bond motifs is 1. The molecule has 0 aromatic heterocycles. The molecule has 0 aliphatic heterocycles. The van der Waals surface area contributed by atoms with Gasteiger partial charge in [-0.25, -0.2) is 4.79 Å². The summed E-state index contributed by atoms with van der Waals surface area (Å²) in [6, 6.07) is 17.5. The number of nitrogens with zero attached hydrogens (tertiary/aromatic N) is 1. The average molecular weight is 562 g/mol. The highest BCUT2D eigenvalue weighted by Crippen LogP contribution is 2.42. The summed E-state index contributed by atoms with van der Waals surface area (Å²) in [6.45, 7) is 11.3. The molecule has 0 radical (unpaired) electrons. The number of hydrogen-bond acceptors (Lipinski definition) is 5. The summed E-state index contributed by atoms with van der Waals surface area (Å²) in [5.41, 5.74) is 2.64. The van der Waals surface area contributed by atoms with Gasteiger partial charge in [-0.15, -0.1) is 0 Å². The van der Waals surface area contributed by atoms with E-state index in [1.54, 1.807) is 25.7 Å². The second-order valence-electron chi connectivity index (χ2n) is 11.7. The number of hydrogen-bond donors (Lipinski definition) is 3. The molecule has 4 rings (SSSR count). The third-order valence-electron chi connectivity index (χ3n) is 7.34. The molecule has 3 aromatic rings. The summed E-state index contributed by atoms with van der Waals surface area (Å²) in [6.07, 6.45) is 0.0647. The van der Waals surface area contributed by atoms with E-state index in [1.165, 1.54) is 0 Å². The van der Waals surface area contributed by atoms with E-state index >= 15 is 0 Å². The van der Waals surface area contributed by atoms with Crippen molar-refractivity contribution in [2.75, 3.05) is 11.1 Å². The molecule has 2 N–H and O–H groups in total. The Hall–Kier alpha value is -3.52. The van der Waals surface area contributed by atoms with Gasteiger partial charge in [0.05, 0.1) is 0 Å². The van der Waals surface area contributed by atoms with Gasteiger partial charge in [0.2, 0.25) is 5.91 Å². The zero-order valence-electron chi connectivity index (χ0n) is 24.0. The van der Waals surface area contributed by atoms with Crippen LogP contribution in [0, 0.1) is 19.8 Å². The van der Waals surface area contributed by atoms with Crippen molar-refractivity contribution in [3.8, 4) is 0 Å². The Balaban J connectivity index is 1.72. The minimum absolute atomic E-state index is 0.0570. The smallest absolute Gasteiger partial charge is 0.408 e. The van der Waals surface area contributed by atoms with Gasteiger partial charge < -0.3 is 20.3 Å². The molecule has 0 saturated heterocycles. The minimum Gasteiger partial charge on any atom is -0.444 e. The van der Waals surface area contributed by atoms with Crippen LogP contribution in [-0.4, -0.2) is 46.2 Å². The van der Waals surface area contributed by atoms with E-state index in [1.807, 2.05) is 74.5 Å². The van der Waals surface area contributed by atoms with Gasteiger partial charge in [-0.3, -0.25) is 9.59 Å². The molecule has 0 heterocycles. The maximum Gasteiger partial charge on any atom is 0.408 e. The highest BCUT2D eigenvalue weighted by molar-refractivity contribution is 7.80. The Labute approximate surface area is 242 Å². The quantitative estimate of drug-likeness (QED) is 0.286. The van der Waals surface area contributed by atoms with Crippen LogP contribution in [0.25, 0.3) is 10.8 Å². The molecule has 7 nitrogen and oxygen atoms in total. The summed E-state index contributed by atoms with van der Waals surface area (Å²) in [5, 5.41) is 7.83. The van der Waals surface area contributed by atoms with Crippen LogP contribution in [-0.2, 0) is 14.3 Å². The molecule has 8 heteroatoms. The van der Waals surface area contributed by atoms with Crippen molar-refractivity contribution < 1.29 is 19.1 Å². The van der Waals surface area contributed by atoms with E-state index in [0.29, 0.717) is 5.69 Å². The molecule has 1 aliphatic carbocycles. The van der Waals surface area contributed by atoms with Crippen molar-refractivity contribution in [2.45, 2.75) is 71.7 Å². The predicted molar refractivity (Wildman–Crippen MR) is 163 cm³/mol. The number of ether oxygens (including phenoxy) is 1. The van der Waals surface area contributed by atoms with Crippen LogP contribution in [0.2, 0.25) is 0 Å². The van der Waals surface area contributed by atoms with Gasteiger partial charge in [-0.2, -0.15) is 12.6 Å². The molecule has 212 valence electrons. The first-order valence-electron chi connectivity index (χ1n) is 13.7. The molecule has 1 fully saturated rings. The van der Waals surface area contributed by atoms with Crippen molar-refractivity contribution in [2.24, 2.45) is 5.92 Å². The Morgan fingerprint density at radius 1 is 1.02 bits per heavy atom. The summed E-state index contributed by atoms with van der Waals surface area (Å²) in [7, 11) is 0. The van der Waals surface area contributed by atoms with Crippen LogP contribution in [0.5, 0.6) is 0 Å². The van der Waals surface area contributed by atoms with Crippen LogP contribution >= 0.6 is 12.6 Å². The first kappa shape index (κ1) is 29.5. The first-order chi connectivity index (χ1) is 18.9. The number of carbonyl (C=O) groups is 3. The minimum atomic E-state index is -0.966. The first-order valence-corrected chi connectivity index (χ1v) is 14.3. The van der Waals surface area contributed by atoms with E-state index < -0.39 is 23.8 Å². The van der Waals surface area contributed by atoms with Gasteiger partial charge >= 0.3 is 6.09 Å². The largest absolute Gasteiger partial charge is 0.444 e. The lowest BCUT2D eigenvalue weighted by atomic mass is 9.94. The molecule has 3 amide bonds. The van der Waals surface area contributed by atoms with Gasteiger partial charge in [-0.1, -0.05) is 55.5 Å². The van der Waals surface area contributed by atoms with Gasteiger partial charge in [0, 0.05) is 17.5 Å². The number of thiol groups is 1. The highest BCUT2D eigenvalue weighted by atomic mass is 32.1. The number of nitrogens with one attached hydrogen (secondary N) is 2. The number of benzene rings is 3. The van der Waals surface area contributed by atoms with Crippen LogP contribution in [0.4, 0.5) is 10.5 Å². The van der Waals surface area contributed by atoms with Crippen molar-refractivity contribution >= 4 is 47.0 Å². The van der Waals surface area contributed by atoms with E-state index in [9.17, 15) is 14.4 Å². The van der Waals surface area contributed by atoms with Gasteiger partial charge in [0.25, 0.3) is 5.91 Å². The van der Waals surface area contributed by atoms with Crippen molar-refractivity contribution in [3.05, 3.63) is 77.4 Å². The molecular formula is C32H39N3O4S. The standard InChI is InChI=1S/C32H39N3O4S/c1-19-10-9-13-25(21(19)3)28(29(36)33-24-15-14-22-11-7-8-12-23(22)17-24)35(27-16-20(27)2)30(37)26(18-40)34-31(38)39-32(4,5)6/h7-15,17,20,26-28,40H,16,18H2,1-6H3,(H,33,36)(H,34,38). The highest BCUT2D eigenvalue weighted by Gasteiger charge is 2.48. The fraction of sp³-hybridized carbons (Fsp3) is 0.406. The molecule has 1 saturated carbocycles. The van der Waals surface area contributed by atoms with Crippen LogP contribution < -0.4 is 10.6 Å².